The van der Waals surface area contributed by atoms with Crippen LogP contribution in [0, 0.1) is 6.92 Å². The number of nitrogens with zero attached hydrogens (tertiary/aromatic N) is 5. The molecule has 11 heteroatoms. The van der Waals surface area contributed by atoms with Crippen LogP contribution in [0.15, 0.2) is 55.5 Å². The summed E-state index contributed by atoms with van der Waals surface area (Å²) in [6.45, 7) is 1.71. The van der Waals surface area contributed by atoms with Crippen molar-refractivity contribution in [3.8, 4) is 0 Å². The molecular weight excluding hydrogens is 420 g/mol. The lowest BCUT2D eigenvalue weighted by atomic mass is 10.2. The van der Waals surface area contributed by atoms with Crippen molar-refractivity contribution < 1.29 is 9.32 Å². The van der Waals surface area contributed by atoms with Gasteiger partial charge in [-0.05, 0) is 18.2 Å². The van der Waals surface area contributed by atoms with Crippen LogP contribution in [0.5, 0.6) is 0 Å². The number of carbonyl (C=O) groups excluding carboxylic acids is 1. The van der Waals surface area contributed by atoms with Gasteiger partial charge in [0, 0.05) is 25.9 Å². The largest absolute Gasteiger partial charge is 0.340 e. The van der Waals surface area contributed by atoms with Crippen molar-refractivity contribution >= 4 is 34.4 Å². The van der Waals surface area contributed by atoms with Crippen LogP contribution in [0.3, 0.4) is 0 Å². The Labute approximate surface area is 179 Å². The van der Waals surface area contributed by atoms with Gasteiger partial charge < -0.3 is 9.84 Å². The van der Waals surface area contributed by atoms with Gasteiger partial charge >= 0.3 is 5.69 Å². The number of nitrogens with one attached hydrogen (secondary N) is 1. The Morgan fingerprint density at radius 2 is 1.97 bits per heavy atom. The number of amides is 1. The van der Waals surface area contributed by atoms with Crippen LogP contribution in [0.2, 0.25) is 0 Å². The van der Waals surface area contributed by atoms with Crippen molar-refractivity contribution in [1.29, 1.82) is 0 Å². The summed E-state index contributed by atoms with van der Waals surface area (Å²) in [5, 5.41) is 6.87. The maximum Gasteiger partial charge on any atom is 0.332 e. The smallest absolute Gasteiger partial charge is 0.332 e. The highest BCUT2D eigenvalue weighted by Gasteiger charge is 2.15. The van der Waals surface area contributed by atoms with Crippen molar-refractivity contribution in [2.75, 3.05) is 5.32 Å². The van der Waals surface area contributed by atoms with Crippen LogP contribution < -0.4 is 16.6 Å². The molecule has 1 amide bonds. The monoisotopic (exact) mass is 438 g/mol. The number of pyridine rings is 1. The number of aryl methyl sites for hydroxylation is 2. The zero-order valence-electron chi connectivity index (χ0n) is 16.9. The topological polar surface area (TPSA) is 125 Å². The predicted molar refractivity (Wildman–Crippen MR) is 115 cm³/mol. The van der Waals surface area contributed by atoms with Crippen LogP contribution in [-0.2, 0) is 19.8 Å². The number of anilines is 1. The first-order valence-corrected chi connectivity index (χ1v) is 10.2. The maximum atomic E-state index is 12.9. The van der Waals surface area contributed by atoms with Gasteiger partial charge in [-0.3, -0.25) is 18.7 Å². The van der Waals surface area contributed by atoms with E-state index in [2.05, 4.69) is 20.4 Å². The molecular formula is C20H18N6O4S. The SMILES string of the molecule is Cc1nc(CSc2ccccc2C(=O)Nc2cnc3c(c2)c(=O)n(C)c(=O)n3C)no1. The van der Waals surface area contributed by atoms with E-state index in [9.17, 15) is 14.4 Å². The highest BCUT2D eigenvalue weighted by Crippen LogP contribution is 2.26. The summed E-state index contributed by atoms with van der Waals surface area (Å²) < 4.78 is 7.26. The molecule has 3 heterocycles. The van der Waals surface area contributed by atoms with Gasteiger partial charge in [0.15, 0.2) is 5.82 Å². The average Bonchev–Trinajstić information content (AvgIpc) is 3.20. The summed E-state index contributed by atoms with van der Waals surface area (Å²) in [7, 11) is 2.93. The standard InChI is InChI=1S/C20H18N6O4S/c1-11-22-16(24-30-11)10-31-15-7-5-4-6-13(15)18(27)23-12-8-14-17(21-9-12)25(2)20(29)26(3)19(14)28/h4-9H,10H2,1-3H3,(H,23,27). The molecule has 0 unspecified atom stereocenters. The molecule has 10 nitrogen and oxygen atoms in total. The second kappa shape index (κ2) is 8.19. The van der Waals surface area contributed by atoms with E-state index in [0.717, 1.165) is 9.46 Å². The number of hydrogen-bond acceptors (Lipinski definition) is 8. The third-order valence-electron chi connectivity index (χ3n) is 4.61. The van der Waals surface area contributed by atoms with Crippen LogP contribution in [0.25, 0.3) is 11.0 Å². The van der Waals surface area contributed by atoms with Gasteiger partial charge in [-0.1, -0.05) is 17.3 Å². The third-order valence-corrected chi connectivity index (χ3v) is 5.68. The number of carbonyl (C=O) groups is 1. The van der Waals surface area contributed by atoms with E-state index in [-0.39, 0.29) is 16.9 Å². The van der Waals surface area contributed by atoms with E-state index >= 15 is 0 Å². The summed E-state index contributed by atoms with van der Waals surface area (Å²) >= 11 is 1.41. The molecule has 0 atom stereocenters. The highest BCUT2D eigenvalue weighted by molar-refractivity contribution is 7.98. The lowest BCUT2D eigenvalue weighted by Crippen LogP contribution is -2.37. The van der Waals surface area contributed by atoms with Crippen LogP contribution in [0.1, 0.15) is 22.1 Å². The Bertz CT molecular complexity index is 1420. The van der Waals surface area contributed by atoms with Gasteiger partial charge in [0.05, 0.1) is 28.6 Å². The first-order chi connectivity index (χ1) is 14.8. The average molecular weight is 438 g/mol. The summed E-state index contributed by atoms with van der Waals surface area (Å²) in [5.74, 6) is 1.12. The maximum absolute atomic E-state index is 12.9. The summed E-state index contributed by atoms with van der Waals surface area (Å²) in [4.78, 5) is 46.5. The van der Waals surface area contributed by atoms with Crippen LogP contribution >= 0.6 is 11.8 Å². The number of aromatic nitrogens is 5. The molecule has 1 N–H and O–H groups in total. The number of fused-ring (bicyclic) bond motifs is 1. The summed E-state index contributed by atoms with van der Waals surface area (Å²) in [6, 6.07) is 8.65. The Morgan fingerprint density at radius 3 is 2.71 bits per heavy atom. The number of rotatable bonds is 5. The van der Waals surface area contributed by atoms with Gasteiger partial charge in [-0.25, -0.2) is 9.78 Å². The van der Waals surface area contributed by atoms with E-state index in [1.54, 1.807) is 19.1 Å². The van der Waals surface area contributed by atoms with Gasteiger partial charge in [0.1, 0.15) is 5.65 Å². The zero-order valence-corrected chi connectivity index (χ0v) is 17.8. The quantitative estimate of drug-likeness (QED) is 0.468. The fourth-order valence-electron chi connectivity index (χ4n) is 3.05. The Hall–Kier alpha value is -3.73. The van der Waals surface area contributed by atoms with E-state index < -0.39 is 11.2 Å². The van der Waals surface area contributed by atoms with Crippen LogP contribution in [0.4, 0.5) is 5.69 Å². The van der Waals surface area contributed by atoms with Crippen molar-refractivity contribution in [2.45, 2.75) is 17.6 Å². The first-order valence-electron chi connectivity index (χ1n) is 9.23. The summed E-state index contributed by atoms with van der Waals surface area (Å²) in [5.41, 5.74) is 0.109. The molecule has 0 aliphatic carbocycles. The Kier molecular flexibility index (Phi) is 5.42. The van der Waals surface area contributed by atoms with Crippen molar-refractivity contribution in [3.05, 3.63) is 74.6 Å². The second-order valence-electron chi connectivity index (χ2n) is 6.77. The molecule has 0 saturated carbocycles. The van der Waals surface area contributed by atoms with Crippen molar-refractivity contribution in [3.63, 3.8) is 0 Å². The van der Waals surface area contributed by atoms with Crippen molar-refractivity contribution in [2.24, 2.45) is 14.1 Å². The lowest BCUT2D eigenvalue weighted by molar-refractivity contribution is 0.102. The molecule has 1 aromatic carbocycles. The zero-order chi connectivity index (χ0) is 22.1. The molecule has 0 spiro atoms. The molecule has 4 aromatic rings. The number of hydrogen-bond donors (Lipinski definition) is 1. The van der Waals surface area contributed by atoms with Gasteiger partial charge in [-0.15, -0.1) is 11.8 Å². The number of thioether (sulfide) groups is 1. The predicted octanol–water partition coefficient (Wildman–Crippen LogP) is 1.87. The second-order valence-corrected chi connectivity index (χ2v) is 7.79. The van der Waals surface area contributed by atoms with Gasteiger partial charge in [0.2, 0.25) is 5.89 Å². The normalized spacial score (nSPS) is 11.1. The third kappa shape index (κ3) is 3.99. The number of benzene rings is 1. The minimum atomic E-state index is -0.479. The Balaban J connectivity index is 1.61. The molecule has 0 radical (unpaired) electrons. The Morgan fingerprint density at radius 1 is 1.19 bits per heavy atom. The molecule has 0 bridgehead atoms. The molecule has 0 aliphatic rings. The lowest BCUT2D eigenvalue weighted by Gasteiger charge is -2.11. The molecule has 31 heavy (non-hydrogen) atoms. The molecule has 0 fully saturated rings. The fourth-order valence-corrected chi connectivity index (χ4v) is 3.95. The molecule has 3 aromatic heterocycles. The van der Waals surface area contributed by atoms with Gasteiger partial charge in [0.25, 0.3) is 11.5 Å². The summed E-state index contributed by atoms with van der Waals surface area (Å²) in [6.07, 6.45) is 1.41. The molecule has 4 rings (SSSR count). The van der Waals surface area contributed by atoms with E-state index in [4.69, 9.17) is 4.52 Å². The molecule has 0 saturated heterocycles. The van der Waals surface area contributed by atoms with Crippen LogP contribution in [-0.4, -0.2) is 30.2 Å². The fraction of sp³-hybridized carbons (Fsp3) is 0.200. The minimum absolute atomic E-state index is 0.234. The van der Waals surface area contributed by atoms with Gasteiger partial charge in [-0.2, -0.15) is 4.98 Å². The van der Waals surface area contributed by atoms with Crippen molar-refractivity contribution in [1.82, 2.24) is 24.3 Å². The highest BCUT2D eigenvalue weighted by atomic mass is 32.2. The first kappa shape index (κ1) is 20.5. The van der Waals surface area contributed by atoms with E-state index in [0.29, 0.717) is 28.7 Å². The molecule has 158 valence electrons. The van der Waals surface area contributed by atoms with E-state index in [1.807, 2.05) is 12.1 Å². The minimum Gasteiger partial charge on any atom is -0.340 e. The van der Waals surface area contributed by atoms with E-state index in [1.165, 1.54) is 42.7 Å². The molecule has 0 aliphatic heterocycles.